The standard InChI is InChI=1S/C23H24F3N3O4S2/c1-22(2)15-34-21(27-18-5-3-4-17(14-18)23(24,25)26)29(22)20(30)16-6-8-19(9-7-16)35(31,32)28-10-12-33-13-11-28/h3-9,14H,10-13,15H2,1-2H3. The van der Waals surface area contributed by atoms with Crippen molar-refractivity contribution in [2.24, 2.45) is 4.99 Å². The van der Waals surface area contributed by atoms with E-state index in [0.29, 0.717) is 19.0 Å². The maximum atomic E-state index is 13.4. The molecular weight excluding hydrogens is 503 g/mol. The number of aliphatic imine (C=N–C) groups is 1. The van der Waals surface area contributed by atoms with Gasteiger partial charge in [-0.3, -0.25) is 9.69 Å². The molecule has 4 rings (SSSR count). The average molecular weight is 528 g/mol. The summed E-state index contributed by atoms with van der Waals surface area (Å²) >= 11 is 1.27. The van der Waals surface area contributed by atoms with Gasteiger partial charge in [-0.25, -0.2) is 13.4 Å². The molecule has 2 aromatic rings. The molecule has 7 nitrogen and oxygen atoms in total. The third-order valence-electron chi connectivity index (χ3n) is 5.66. The normalized spacial score (nSPS) is 20.4. The predicted molar refractivity (Wildman–Crippen MR) is 127 cm³/mol. The largest absolute Gasteiger partial charge is 0.416 e. The van der Waals surface area contributed by atoms with E-state index in [2.05, 4.69) is 4.99 Å². The van der Waals surface area contributed by atoms with Crippen LogP contribution in [-0.4, -0.2) is 66.3 Å². The summed E-state index contributed by atoms with van der Waals surface area (Å²) in [6, 6.07) is 10.3. The van der Waals surface area contributed by atoms with Gasteiger partial charge in [0, 0.05) is 24.4 Å². The SMILES string of the molecule is CC1(C)CSC(=Nc2cccc(C(F)(F)F)c2)N1C(=O)c1ccc(S(=O)(=O)N2CCOCC2)cc1. The van der Waals surface area contributed by atoms with E-state index in [0.717, 1.165) is 12.1 Å². The second-order valence-electron chi connectivity index (χ2n) is 8.72. The summed E-state index contributed by atoms with van der Waals surface area (Å²) in [5.41, 5.74) is -1.14. The van der Waals surface area contributed by atoms with Gasteiger partial charge in [0.25, 0.3) is 5.91 Å². The molecule has 2 aromatic carbocycles. The number of rotatable bonds is 4. The van der Waals surface area contributed by atoms with Crippen molar-refractivity contribution >= 4 is 38.5 Å². The topological polar surface area (TPSA) is 79.3 Å². The Morgan fingerprint density at radius 1 is 1.09 bits per heavy atom. The number of alkyl halides is 3. The Morgan fingerprint density at radius 3 is 2.37 bits per heavy atom. The quantitative estimate of drug-likeness (QED) is 0.590. The summed E-state index contributed by atoms with van der Waals surface area (Å²) in [5.74, 6) is 0.0843. The predicted octanol–water partition coefficient (Wildman–Crippen LogP) is 4.38. The molecule has 2 heterocycles. The van der Waals surface area contributed by atoms with Crippen LogP contribution in [0.5, 0.6) is 0 Å². The first-order chi connectivity index (χ1) is 16.4. The van der Waals surface area contributed by atoms with E-state index in [1.54, 1.807) is 0 Å². The van der Waals surface area contributed by atoms with Gasteiger partial charge in [-0.2, -0.15) is 17.5 Å². The van der Waals surface area contributed by atoms with E-state index in [1.807, 2.05) is 13.8 Å². The summed E-state index contributed by atoms with van der Waals surface area (Å²) in [7, 11) is -3.71. The van der Waals surface area contributed by atoms with Crippen LogP contribution in [0.1, 0.15) is 29.8 Å². The number of amides is 1. The van der Waals surface area contributed by atoms with Crippen molar-refractivity contribution in [2.75, 3.05) is 32.1 Å². The molecule has 2 aliphatic rings. The second-order valence-corrected chi connectivity index (χ2v) is 11.6. The molecule has 0 spiro atoms. The zero-order valence-electron chi connectivity index (χ0n) is 19.1. The summed E-state index contributed by atoms with van der Waals surface area (Å²) in [6.07, 6.45) is -4.50. The molecule has 188 valence electrons. The number of hydrogen-bond donors (Lipinski definition) is 0. The number of morpholine rings is 1. The van der Waals surface area contributed by atoms with Crippen LogP contribution in [0.25, 0.3) is 0 Å². The number of thioether (sulfide) groups is 1. The third-order valence-corrected chi connectivity index (χ3v) is 8.96. The lowest BCUT2D eigenvalue weighted by Gasteiger charge is -2.30. The van der Waals surface area contributed by atoms with E-state index < -0.39 is 33.2 Å². The van der Waals surface area contributed by atoms with Crippen molar-refractivity contribution in [3.05, 3.63) is 59.7 Å². The summed E-state index contributed by atoms with van der Waals surface area (Å²) in [5, 5.41) is 0.282. The zero-order chi connectivity index (χ0) is 25.4. The number of ether oxygens (including phenoxy) is 1. The molecule has 1 amide bonds. The van der Waals surface area contributed by atoms with E-state index >= 15 is 0 Å². The van der Waals surface area contributed by atoms with Crippen LogP contribution in [0.2, 0.25) is 0 Å². The Balaban J connectivity index is 1.61. The fraction of sp³-hybridized carbons (Fsp3) is 0.391. The Labute approximate surface area is 206 Å². The molecule has 2 saturated heterocycles. The minimum atomic E-state index is -4.50. The van der Waals surface area contributed by atoms with Crippen molar-refractivity contribution in [3.63, 3.8) is 0 Å². The second kappa shape index (κ2) is 9.57. The Kier molecular flexibility index (Phi) is 7.02. The lowest BCUT2D eigenvalue weighted by Crippen LogP contribution is -2.46. The Bertz CT molecular complexity index is 1240. The molecule has 0 radical (unpaired) electrons. The Morgan fingerprint density at radius 2 is 1.74 bits per heavy atom. The van der Waals surface area contributed by atoms with E-state index in [-0.39, 0.29) is 34.4 Å². The highest BCUT2D eigenvalue weighted by Crippen LogP contribution is 2.37. The number of carbonyl (C=O) groups excluding carboxylic acids is 1. The van der Waals surface area contributed by atoms with Crippen molar-refractivity contribution in [1.29, 1.82) is 0 Å². The molecular formula is C23H24F3N3O4S2. The number of halogens is 3. The maximum absolute atomic E-state index is 13.4. The summed E-state index contributed by atoms with van der Waals surface area (Å²) in [4.78, 5) is 19.3. The molecule has 2 fully saturated rings. The van der Waals surface area contributed by atoms with E-state index in [9.17, 15) is 26.4 Å². The molecule has 0 saturated carbocycles. The minimum Gasteiger partial charge on any atom is -0.379 e. The number of sulfonamides is 1. The zero-order valence-corrected chi connectivity index (χ0v) is 20.7. The van der Waals surface area contributed by atoms with Crippen LogP contribution in [0.15, 0.2) is 58.4 Å². The van der Waals surface area contributed by atoms with Gasteiger partial charge in [0.1, 0.15) is 0 Å². The first kappa shape index (κ1) is 25.7. The molecule has 0 aliphatic carbocycles. The van der Waals surface area contributed by atoms with Gasteiger partial charge in [0.2, 0.25) is 10.0 Å². The molecule has 0 bridgehead atoms. The van der Waals surface area contributed by atoms with Gasteiger partial charge >= 0.3 is 6.18 Å². The average Bonchev–Trinajstić information content (AvgIpc) is 3.12. The minimum absolute atomic E-state index is 0.0730. The number of nitrogens with zero attached hydrogens (tertiary/aromatic N) is 3. The van der Waals surface area contributed by atoms with Crippen LogP contribution in [-0.2, 0) is 20.9 Å². The van der Waals surface area contributed by atoms with Gasteiger partial charge in [-0.1, -0.05) is 17.8 Å². The fourth-order valence-corrected chi connectivity index (χ4v) is 6.42. The summed E-state index contributed by atoms with van der Waals surface area (Å²) in [6.45, 7) is 4.85. The summed E-state index contributed by atoms with van der Waals surface area (Å²) < 4.78 is 71.5. The smallest absolute Gasteiger partial charge is 0.379 e. The van der Waals surface area contributed by atoms with Gasteiger partial charge < -0.3 is 4.74 Å². The maximum Gasteiger partial charge on any atom is 0.416 e. The lowest BCUT2D eigenvalue weighted by molar-refractivity contribution is -0.137. The van der Waals surface area contributed by atoms with Crippen LogP contribution < -0.4 is 0 Å². The van der Waals surface area contributed by atoms with E-state index in [4.69, 9.17) is 4.74 Å². The monoisotopic (exact) mass is 527 g/mol. The number of benzene rings is 2. The molecule has 35 heavy (non-hydrogen) atoms. The highest BCUT2D eigenvalue weighted by Gasteiger charge is 2.42. The number of carbonyl (C=O) groups is 1. The number of hydrogen-bond acceptors (Lipinski definition) is 6. The van der Waals surface area contributed by atoms with Crippen molar-refractivity contribution in [3.8, 4) is 0 Å². The lowest BCUT2D eigenvalue weighted by atomic mass is 10.0. The molecule has 0 aromatic heterocycles. The molecule has 12 heteroatoms. The fourth-order valence-electron chi connectivity index (χ4n) is 3.77. The molecule has 0 N–H and O–H groups in total. The molecule has 0 unspecified atom stereocenters. The van der Waals surface area contributed by atoms with Crippen molar-refractivity contribution in [2.45, 2.75) is 30.5 Å². The van der Waals surface area contributed by atoms with E-state index in [1.165, 1.54) is 57.4 Å². The van der Waals surface area contributed by atoms with Crippen LogP contribution in [0, 0.1) is 0 Å². The number of amidine groups is 1. The van der Waals surface area contributed by atoms with Crippen LogP contribution >= 0.6 is 11.8 Å². The van der Waals surface area contributed by atoms with Gasteiger partial charge in [0.05, 0.1) is 34.9 Å². The van der Waals surface area contributed by atoms with Crippen LogP contribution in [0.3, 0.4) is 0 Å². The van der Waals surface area contributed by atoms with Gasteiger partial charge in [-0.05, 0) is 56.3 Å². The molecule has 0 atom stereocenters. The highest BCUT2D eigenvalue weighted by atomic mass is 32.2. The van der Waals surface area contributed by atoms with Crippen LogP contribution in [0.4, 0.5) is 18.9 Å². The first-order valence-corrected chi connectivity index (χ1v) is 13.2. The van der Waals surface area contributed by atoms with Crippen molar-refractivity contribution in [1.82, 2.24) is 9.21 Å². The Hall–Kier alpha value is -2.41. The molecule has 2 aliphatic heterocycles. The van der Waals surface area contributed by atoms with Crippen molar-refractivity contribution < 1.29 is 31.1 Å². The van der Waals surface area contributed by atoms with Gasteiger partial charge in [0.15, 0.2) is 5.17 Å². The highest BCUT2D eigenvalue weighted by molar-refractivity contribution is 8.14. The van der Waals surface area contributed by atoms with Gasteiger partial charge in [-0.15, -0.1) is 0 Å². The third kappa shape index (κ3) is 5.40. The first-order valence-electron chi connectivity index (χ1n) is 10.8.